The minimum atomic E-state index is -0.518. The van der Waals surface area contributed by atoms with Gasteiger partial charge in [0.1, 0.15) is 16.6 Å². The van der Waals surface area contributed by atoms with Gasteiger partial charge in [-0.05, 0) is 116 Å². The zero-order valence-corrected chi connectivity index (χ0v) is 44.4. The number of pyridine rings is 2. The van der Waals surface area contributed by atoms with Crippen molar-refractivity contribution in [3.63, 3.8) is 0 Å². The number of halogens is 4. The fraction of sp³-hybridized carbons (Fsp3) is 0.521. The maximum atomic E-state index is 12.7. The average molecular weight is 1060 g/mol. The third-order valence-electron chi connectivity index (χ3n) is 15.0. The monoisotopic (exact) mass is 1050 g/mol. The molecule has 4 aliphatic rings. The van der Waals surface area contributed by atoms with Crippen molar-refractivity contribution in [1.82, 2.24) is 44.0 Å². The van der Waals surface area contributed by atoms with E-state index >= 15 is 0 Å². The predicted molar refractivity (Wildman–Crippen MR) is 278 cm³/mol. The highest BCUT2D eigenvalue weighted by molar-refractivity contribution is 8.00. The second kappa shape index (κ2) is 19.2. The van der Waals surface area contributed by atoms with E-state index in [4.69, 9.17) is 72.6 Å². The van der Waals surface area contributed by atoms with Gasteiger partial charge >= 0.3 is 6.09 Å². The molecule has 2 aliphatic carbocycles. The molecule has 0 radical (unpaired) electrons. The summed E-state index contributed by atoms with van der Waals surface area (Å²) in [5.74, 6) is 2.09. The number of amides is 1. The number of aryl methyl sites for hydroxylation is 1. The Morgan fingerprint density at radius 1 is 0.696 bits per heavy atom. The molecule has 2 unspecified atom stereocenters. The molecule has 2 aliphatic heterocycles. The Morgan fingerprint density at radius 3 is 1.71 bits per heavy atom. The van der Waals surface area contributed by atoms with Gasteiger partial charge in [0.05, 0.1) is 19.8 Å². The summed E-state index contributed by atoms with van der Waals surface area (Å²) in [6.07, 6.45) is 21.7. The zero-order valence-electron chi connectivity index (χ0n) is 39.8. The largest absolute Gasteiger partial charge is 0.444 e. The van der Waals surface area contributed by atoms with Gasteiger partial charge in [0.2, 0.25) is 11.9 Å². The first kappa shape index (κ1) is 50.0. The molecule has 0 aromatic carbocycles. The van der Waals surface area contributed by atoms with Crippen LogP contribution in [-0.2, 0) is 4.74 Å². The van der Waals surface area contributed by atoms with Gasteiger partial charge in [0, 0.05) is 89.9 Å². The molecule has 2 saturated heterocycles. The number of fused-ring (bicyclic) bond motifs is 2. The maximum Gasteiger partial charge on any atom is 0.408 e. The molecule has 2 saturated carbocycles. The molecule has 368 valence electrons. The lowest BCUT2D eigenvalue weighted by atomic mass is 9.66. The first-order valence-electron chi connectivity index (χ1n) is 23.4. The minimum absolute atomic E-state index is 0.0411. The zero-order chi connectivity index (χ0) is 49.1. The molecular weight excluding hydrogens is 997 g/mol. The maximum absolute atomic E-state index is 12.7. The number of piperidine rings is 2. The van der Waals surface area contributed by atoms with Crippen molar-refractivity contribution < 1.29 is 9.53 Å². The Labute approximate surface area is 431 Å². The number of nitrogens with two attached hydrogens (primary N) is 2. The van der Waals surface area contributed by atoms with Gasteiger partial charge in [0.15, 0.2) is 16.4 Å². The van der Waals surface area contributed by atoms with E-state index in [1.807, 2.05) is 67.4 Å². The molecule has 6 aromatic rings. The van der Waals surface area contributed by atoms with Gasteiger partial charge in [-0.15, -0.1) is 0 Å². The first-order chi connectivity index (χ1) is 32.7. The van der Waals surface area contributed by atoms with E-state index in [0.29, 0.717) is 21.0 Å². The Hall–Kier alpha value is -3.97. The molecule has 0 bridgehead atoms. The van der Waals surface area contributed by atoms with Crippen LogP contribution in [0.5, 0.6) is 0 Å². The fourth-order valence-corrected chi connectivity index (χ4v) is 14.1. The number of anilines is 3. The van der Waals surface area contributed by atoms with E-state index < -0.39 is 5.60 Å². The normalized spacial score (nSPS) is 22.1. The second-order valence-corrected chi connectivity index (χ2v) is 24.1. The molecule has 6 aromatic heterocycles. The van der Waals surface area contributed by atoms with E-state index in [0.717, 1.165) is 126 Å². The predicted octanol–water partition coefficient (Wildman–Crippen LogP) is 11.6. The summed E-state index contributed by atoms with van der Waals surface area (Å²) in [4.78, 5) is 47.7. The van der Waals surface area contributed by atoms with Crippen LogP contribution in [-0.4, -0.2) is 87.7 Å². The molecular formula is C48H59Cl4N13O2S2. The van der Waals surface area contributed by atoms with E-state index in [1.54, 1.807) is 18.5 Å². The van der Waals surface area contributed by atoms with E-state index in [-0.39, 0.29) is 33.2 Å². The van der Waals surface area contributed by atoms with Crippen LogP contribution in [0.4, 0.5) is 22.5 Å². The molecule has 2 atom stereocenters. The quantitative estimate of drug-likeness (QED) is 0.128. The number of ether oxygens (including phenoxy) is 1. The number of imidazole rings is 2. The molecule has 4 fully saturated rings. The molecule has 10 rings (SSSR count). The van der Waals surface area contributed by atoms with Crippen LogP contribution >= 0.6 is 69.9 Å². The van der Waals surface area contributed by atoms with Crippen LogP contribution in [0, 0.1) is 17.8 Å². The van der Waals surface area contributed by atoms with Crippen molar-refractivity contribution in [3.05, 3.63) is 75.4 Å². The van der Waals surface area contributed by atoms with Crippen molar-refractivity contribution in [3.8, 4) is 0 Å². The fourth-order valence-electron chi connectivity index (χ4n) is 11.1. The highest BCUT2D eigenvalue weighted by atomic mass is 35.5. The highest BCUT2D eigenvalue weighted by Crippen LogP contribution is 2.54. The lowest BCUT2D eigenvalue weighted by Gasteiger charge is -2.49. The van der Waals surface area contributed by atoms with Crippen molar-refractivity contribution in [2.75, 3.05) is 41.7 Å². The van der Waals surface area contributed by atoms with Crippen LogP contribution in [0.2, 0.25) is 20.4 Å². The highest BCUT2D eigenvalue weighted by Gasteiger charge is 2.54. The number of nitrogen functional groups attached to an aromatic ring is 1. The lowest BCUT2D eigenvalue weighted by Crippen LogP contribution is -2.59. The van der Waals surface area contributed by atoms with Crippen molar-refractivity contribution >= 4 is 105 Å². The van der Waals surface area contributed by atoms with E-state index in [2.05, 4.69) is 48.9 Å². The summed E-state index contributed by atoms with van der Waals surface area (Å²) in [5.41, 5.74) is 14.4. The first-order valence-corrected chi connectivity index (χ1v) is 26.6. The van der Waals surface area contributed by atoms with Crippen LogP contribution in [0.25, 0.3) is 11.3 Å². The standard InChI is InChI=1S/C27H34Cl2N6O2S.C21H25Cl2N7S/c1-17-15-18(20(28)21(29)32-17)38-19-16-31-23(35-14-11-30-22(19)35)34-12-9-27(10-13-34)8-6-7-26(27,5)33-24(36)37-25(2,3)4;1-20(25)3-2-4-21(20)5-8-29(9-6-21)19-27-12-14(18-26-7-10-30(18)19)31-13-11-15(24)28-17(23)16(13)22/h11,14-16H,6-10,12-13H2,1-5H3,(H,33,36);7,10-12H,2-6,8-9,25H2,1H3,(H2,24,28). The van der Waals surface area contributed by atoms with Crippen molar-refractivity contribution in [1.29, 1.82) is 0 Å². The number of hydrogen-bond acceptors (Lipinski definition) is 14. The summed E-state index contributed by atoms with van der Waals surface area (Å²) in [6, 6.07) is 3.63. The number of hydrogen-bond donors (Lipinski definition) is 3. The number of rotatable bonds is 7. The van der Waals surface area contributed by atoms with E-state index in [1.165, 1.54) is 36.4 Å². The van der Waals surface area contributed by atoms with E-state index in [9.17, 15) is 4.79 Å². The molecule has 15 nitrogen and oxygen atoms in total. The summed E-state index contributed by atoms with van der Waals surface area (Å²) in [6.45, 7) is 15.6. The summed E-state index contributed by atoms with van der Waals surface area (Å²) < 4.78 is 9.68. The minimum Gasteiger partial charge on any atom is -0.444 e. The Morgan fingerprint density at radius 2 is 1.19 bits per heavy atom. The summed E-state index contributed by atoms with van der Waals surface area (Å²) in [7, 11) is 0. The topological polar surface area (TPSA) is 183 Å². The smallest absolute Gasteiger partial charge is 0.408 e. The van der Waals surface area contributed by atoms with Gasteiger partial charge in [0.25, 0.3) is 0 Å². The average Bonchev–Trinajstić information content (AvgIpc) is 4.09. The third kappa shape index (κ3) is 9.87. The van der Waals surface area contributed by atoms with Crippen LogP contribution in [0.3, 0.4) is 0 Å². The summed E-state index contributed by atoms with van der Waals surface area (Å²) in [5, 5.41) is 4.54. The SMILES string of the molecule is CC1(N)CCCC12CCN(c1ncc(Sc3cc(N)nc(Cl)c3Cl)c3nccn13)CC2.Cc1cc(Sc2cnc(N3CCC4(CCCC4(C)NC(=O)OC(C)(C)C)CC3)n3ccnc23)c(Cl)c(Cl)n1. The molecule has 8 heterocycles. The Balaban J connectivity index is 0.000000175. The molecule has 21 heteroatoms. The number of alkyl carbamates (subject to hydrolysis) is 1. The molecule has 2 spiro atoms. The van der Waals surface area contributed by atoms with Gasteiger partial charge in [-0.25, -0.2) is 34.7 Å². The number of carbonyl (C=O) groups is 1. The molecule has 1 amide bonds. The number of nitrogens with zero attached hydrogens (tertiary/aromatic N) is 10. The molecule has 5 N–H and O–H groups in total. The van der Waals surface area contributed by atoms with Gasteiger partial charge in [-0.2, -0.15) is 0 Å². The summed E-state index contributed by atoms with van der Waals surface area (Å²) >= 11 is 28.0. The van der Waals surface area contributed by atoms with Crippen LogP contribution in [0.15, 0.2) is 68.9 Å². The number of carbonyl (C=O) groups excluding carboxylic acids is 1. The third-order valence-corrected chi connectivity index (χ3v) is 18.8. The lowest BCUT2D eigenvalue weighted by molar-refractivity contribution is 0.0300. The Bertz CT molecular complexity index is 2890. The van der Waals surface area contributed by atoms with Gasteiger partial charge in [-0.1, -0.05) is 82.8 Å². The van der Waals surface area contributed by atoms with Crippen LogP contribution < -0.4 is 26.6 Å². The number of nitrogens with one attached hydrogen (secondary N) is 1. The van der Waals surface area contributed by atoms with Crippen LogP contribution in [0.1, 0.15) is 105 Å². The Kier molecular flexibility index (Phi) is 13.9. The number of aromatic nitrogens is 8. The van der Waals surface area contributed by atoms with Gasteiger partial charge in [-0.3, -0.25) is 8.80 Å². The van der Waals surface area contributed by atoms with Gasteiger partial charge < -0.3 is 31.3 Å². The molecule has 69 heavy (non-hydrogen) atoms. The van der Waals surface area contributed by atoms with Crippen molar-refractivity contribution in [2.24, 2.45) is 16.6 Å². The van der Waals surface area contributed by atoms with Crippen molar-refractivity contribution in [2.45, 2.75) is 142 Å². The second-order valence-electron chi connectivity index (χ2n) is 20.4.